The minimum absolute atomic E-state index is 0.246. The minimum Gasteiger partial charge on any atom is -0.396 e. The topological polar surface area (TPSA) is 49.5 Å². The smallest absolute Gasteiger partial charge is 0.0468 e. The van der Waals surface area contributed by atoms with Crippen LogP contribution in [0.1, 0.15) is 18.1 Å². The molecular weight excluding hydrogens is 200 g/mol. The summed E-state index contributed by atoms with van der Waals surface area (Å²) in [5.74, 6) is 0.327. The third kappa shape index (κ3) is 4.31. The van der Waals surface area contributed by atoms with Gasteiger partial charge in [0.05, 0.1) is 0 Å². The first-order valence-electron chi connectivity index (χ1n) is 5.73. The number of aliphatic hydroxyl groups is 1. The molecule has 1 aromatic carbocycles. The first-order chi connectivity index (χ1) is 7.65. The highest BCUT2D eigenvalue weighted by atomic mass is 16.3. The maximum atomic E-state index is 8.98. The van der Waals surface area contributed by atoms with Crippen molar-refractivity contribution in [3.8, 4) is 0 Å². The van der Waals surface area contributed by atoms with Crippen molar-refractivity contribution in [1.82, 2.24) is 4.90 Å². The van der Waals surface area contributed by atoms with Gasteiger partial charge in [-0.1, -0.05) is 31.2 Å². The molecule has 0 spiro atoms. The van der Waals surface area contributed by atoms with Crippen LogP contribution < -0.4 is 5.73 Å². The monoisotopic (exact) mass is 222 g/mol. The van der Waals surface area contributed by atoms with Gasteiger partial charge in [0.25, 0.3) is 0 Å². The predicted molar refractivity (Wildman–Crippen MR) is 66.9 cm³/mol. The lowest BCUT2D eigenvalue weighted by atomic mass is 10.1. The van der Waals surface area contributed by atoms with E-state index in [0.29, 0.717) is 12.5 Å². The highest BCUT2D eigenvalue weighted by Crippen LogP contribution is 2.07. The van der Waals surface area contributed by atoms with E-state index >= 15 is 0 Å². The molecule has 3 heteroatoms. The zero-order chi connectivity index (χ0) is 12.0. The van der Waals surface area contributed by atoms with E-state index in [-0.39, 0.29) is 6.61 Å². The number of benzene rings is 1. The van der Waals surface area contributed by atoms with Crippen LogP contribution in [0, 0.1) is 5.92 Å². The van der Waals surface area contributed by atoms with Gasteiger partial charge in [0.15, 0.2) is 0 Å². The number of rotatable bonds is 6. The Kier molecular flexibility index (Phi) is 5.46. The number of aliphatic hydroxyl groups excluding tert-OH is 1. The lowest BCUT2D eigenvalue weighted by Crippen LogP contribution is -2.25. The largest absolute Gasteiger partial charge is 0.396 e. The maximum Gasteiger partial charge on any atom is 0.0468 e. The van der Waals surface area contributed by atoms with E-state index in [1.54, 1.807) is 0 Å². The SMILES string of the molecule is CC(CO)CN(C)Cc1ccc(CN)cc1. The Hall–Kier alpha value is -0.900. The molecule has 1 atom stereocenters. The second-order valence-corrected chi connectivity index (χ2v) is 4.51. The van der Waals surface area contributed by atoms with Crippen molar-refractivity contribution in [3.05, 3.63) is 35.4 Å². The first-order valence-corrected chi connectivity index (χ1v) is 5.73. The summed E-state index contributed by atoms with van der Waals surface area (Å²) in [6, 6.07) is 8.36. The molecule has 0 aromatic heterocycles. The van der Waals surface area contributed by atoms with Crippen LogP contribution in [0.4, 0.5) is 0 Å². The van der Waals surface area contributed by atoms with Gasteiger partial charge in [-0.3, -0.25) is 0 Å². The average Bonchev–Trinajstić information content (AvgIpc) is 2.29. The van der Waals surface area contributed by atoms with Gasteiger partial charge in [0, 0.05) is 26.2 Å². The van der Waals surface area contributed by atoms with Gasteiger partial charge in [-0.25, -0.2) is 0 Å². The molecule has 3 nitrogen and oxygen atoms in total. The third-order valence-corrected chi connectivity index (χ3v) is 2.65. The van der Waals surface area contributed by atoms with Gasteiger partial charge in [-0.2, -0.15) is 0 Å². The summed E-state index contributed by atoms with van der Waals surface area (Å²) >= 11 is 0. The van der Waals surface area contributed by atoms with Crippen LogP contribution in [0.3, 0.4) is 0 Å². The summed E-state index contributed by atoms with van der Waals surface area (Å²) in [6.07, 6.45) is 0. The molecule has 0 amide bonds. The molecule has 0 radical (unpaired) electrons. The first kappa shape index (κ1) is 13.2. The van der Waals surface area contributed by atoms with Crippen LogP contribution >= 0.6 is 0 Å². The molecule has 90 valence electrons. The van der Waals surface area contributed by atoms with Gasteiger partial charge < -0.3 is 15.7 Å². The summed E-state index contributed by atoms with van der Waals surface area (Å²) in [7, 11) is 2.07. The van der Waals surface area contributed by atoms with Crippen LogP contribution in [0.15, 0.2) is 24.3 Å². The molecule has 3 N–H and O–H groups in total. The predicted octanol–water partition coefficient (Wildman–Crippen LogP) is 1.21. The van der Waals surface area contributed by atoms with E-state index < -0.39 is 0 Å². The van der Waals surface area contributed by atoms with E-state index in [4.69, 9.17) is 10.8 Å². The van der Waals surface area contributed by atoms with Gasteiger partial charge in [-0.05, 0) is 24.1 Å². The minimum atomic E-state index is 0.246. The molecule has 0 saturated heterocycles. The summed E-state index contributed by atoms with van der Waals surface area (Å²) in [5.41, 5.74) is 7.99. The van der Waals surface area contributed by atoms with E-state index in [1.807, 2.05) is 6.92 Å². The molecule has 1 rings (SSSR count). The molecule has 0 bridgehead atoms. The summed E-state index contributed by atoms with van der Waals surface area (Å²) in [5, 5.41) is 8.98. The fraction of sp³-hybridized carbons (Fsp3) is 0.538. The van der Waals surface area contributed by atoms with Crippen LogP contribution in [0.25, 0.3) is 0 Å². The zero-order valence-corrected chi connectivity index (χ0v) is 10.2. The molecule has 16 heavy (non-hydrogen) atoms. The van der Waals surface area contributed by atoms with E-state index in [2.05, 4.69) is 36.2 Å². The summed E-state index contributed by atoms with van der Waals surface area (Å²) in [6.45, 7) is 4.71. The number of nitrogens with zero attached hydrogens (tertiary/aromatic N) is 1. The Bertz CT molecular complexity index is 297. The van der Waals surface area contributed by atoms with Crippen LogP contribution in [-0.2, 0) is 13.1 Å². The molecule has 1 unspecified atom stereocenters. The average molecular weight is 222 g/mol. The van der Waals surface area contributed by atoms with Crippen molar-refractivity contribution < 1.29 is 5.11 Å². The quantitative estimate of drug-likeness (QED) is 0.760. The molecular formula is C13H22N2O. The van der Waals surface area contributed by atoms with Gasteiger partial charge in [0.2, 0.25) is 0 Å². The van der Waals surface area contributed by atoms with Gasteiger partial charge in [0.1, 0.15) is 0 Å². The molecule has 0 saturated carbocycles. The Morgan fingerprint density at radius 1 is 1.25 bits per heavy atom. The Morgan fingerprint density at radius 2 is 1.81 bits per heavy atom. The molecule has 0 aliphatic rings. The van der Waals surface area contributed by atoms with Crippen molar-refractivity contribution in [2.24, 2.45) is 11.7 Å². The highest BCUT2D eigenvalue weighted by Gasteiger charge is 2.05. The maximum absolute atomic E-state index is 8.98. The fourth-order valence-corrected chi connectivity index (χ4v) is 1.75. The van der Waals surface area contributed by atoms with Crippen molar-refractivity contribution in [2.45, 2.75) is 20.0 Å². The lowest BCUT2D eigenvalue weighted by Gasteiger charge is -2.20. The van der Waals surface area contributed by atoms with Crippen LogP contribution in [0.2, 0.25) is 0 Å². The standard InChI is InChI=1S/C13H22N2O/c1-11(10-16)8-15(2)9-13-5-3-12(7-14)4-6-13/h3-6,11,16H,7-10,14H2,1-2H3. The zero-order valence-electron chi connectivity index (χ0n) is 10.2. The van der Waals surface area contributed by atoms with Crippen LogP contribution in [-0.4, -0.2) is 30.2 Å². The Labute approximate surface area is 97.9 Å². The Morgan fingerprint density at radius 3 is 2.31 bits per heavy atom. The van der Waals surface area contributed by atoms with E-state index in [0.717, 1.165) is 18.7 Å². The normalized spacial score (nSPS) is 13.1. The molecule has 0 aliphatic carbocycles. The fourth-order valence-electron chi connectivity index (χ4n) is 1.75. The van der Waals surface area contributed by atoms with Crippen molar-refractivity contribution in [2.75, 3.05) is 20.2 Å². The Balaban J connectivity index is 2.46. The second kappa shape index (κ2) is 6.63. The number of hydrogen-bond donors (Lipinski definition) is 2. The molecule has 0 aliphatic heterocycles. The summed E-state index contributed by atoms with van der Waals surface area (Å²) in [4.78, 5) is 2.22. The second-order valence-electron chi connectivity index (χ2n) is 4.51. The third-order valence-electron chi connectivity index (χ3n) is 2.65. The van der Waals surface area contributed by atoms with Gasteiger partial charge >= 0.3 is 0 Å². The van der Waals surface area contributed by atoms with E-state index in [1.165, 1.54) is 5.56 Å². The van der Waals surface area contributed by atoms with Crippen molar-refractivity contribution in [1.29, 1.82) is 0 Å². The van der Waals surface area contributed by atoms with Crippen molar-refractivity contribution >= 4 is 0 Å². The summed E-state index contributed by atoms with van der Waals surface area (Å²) < 4.78 is 0. The molecule has 1 aromatic rings. The van der Waals surface area contributed by atoms with Gasteiger partial charge in [-0.15, -0.1) is 0 Å². The number of hydrogen-bond acceptors (Lipinski definition) is 3. The number of nitrogens with two attached hydrogens (primary N) is 1. The molecule has 0 heterocycles. The highest BCUT2D eigenvalue weighted by molar-refractivity contribution is 5.22. The van der Waals surface area contributed by atoms with Crippen LogP contribution in [0.5, 0.6) is 0 Å². The van der Waals surface area contributed by atoms with E-state index in [9.17, 15) is 0 Å². The lowest BCUT2D eigenvalue weighted by molar-refractivity contribution is 0.188. The van der Waals surface area contributed by atoms with Crippen molar-refractivity contribution in [3.63, 3.8) is 0 Å². The molecule has 0 fully saturated rings.